The molecule has 2 rings (SSSR count). The Morgan fingerprint density at radius 1 is 1.26 bits per heavy atom. The average Bonchev–Trinajstić information content (AvgIpc) is 2.39. The second-order valence-corrected chi connectivity index (χ2v) is 5.01. The normalized spacial score (nSPS) is 10.4. The summed E-state index contributed by atoms with van der Waals surface area (Å²) in [7, 11) is 2.00. The number of halogens is 1. The van der Waals surface area contributed by atoms with Gasteiger partial charge in [-0.1, -0.05) is 41.9 Å². The third kappa shape index (κ3) is 3.86. The van der Waals surface area contributed by atoms with E-state index in [4.69, 9.17) is 17.3 Å². The zero-order valence-electron chi connectivity index (χ0n) is 11.0. The van der Waals surface area contributed by atoms with Gasteiger partial charge in [0.15, 0.2) is 5.82 Å². The Bertz CT molecular complexity index is 528. The molecule has 0 saturated heterocycles. The molecule has 19 heavy (non-hydrogen) atoms. The monoisotopic (exact) mass is 275 g/mol. The fourth-order valence-corrected chi connectivity index (χ4v) is 2.20. The number of anilines is 2. The van der Waals surface area contributed by atoms with E-state index < -0.39 is 0 Å². The molecule has 0 spiro atoms. The molecule has 3 nitrogen and oxygen atoms in total. The summed E-state index contributed by atoms with van der Waals surface area (Å²) in [5.74, 6) is 0.789. The quantitative estimate of drug-likeness (QED) is 0.909. The van der Waals surface area contributed by atoms with Crippen molar-refractivity contribution in [3.05, 3.63) is 53.2 Å². The number of nitrogens with zero attached hydrogens (tertiary/aromatic N) is 2. The van der Waals surface area contributed by atoms with Gasteiger partial charge < -0.3 is 10.6 Å². The van der Waals surface area contributed by atoms with Gasteiger partial charge in [-0.2, -0.15) is 0 Å². The van der Waals surface area contributed by atoms with Gasteiger partial charge in [-0.15, -0.1) is 0 Å². The first kappa shape index (κ1) is 13.7. The molecule has 0 saturated carbocycles. The molecular formula is C15H18ClN3. The maximum atomic E-state index is 5.92. The summed E-state index contributed by atoms with van der Waals surface area (Å²) in [6, 6.07) is 12.2. The van der Waals surface area contributed by atoms with Crippen molar-refractivity contribution < 1.29 is 0 Å². The molecule has 100 valence electrons. The van der Waals surface area contributed by atoms with E-state index in [0.29, 0.717) is 10.7 Å². The van der Waals surface area contributed by atoms with Gasteiger partial charge in [-0.3, -0.25) is 0 Å². The van der Waals surface area contributed by atoms with Crippen LogP contribution in [0.5, 0.6) is 0 Å². The van der Waals surface area contributed by atoms with Gasteiger partial charge in [-0.25, -0.2) is 4.98 Å². The number of aromatic nitrogens is 1. The van der Waals surface area contributed by atoms with Crippen LogP contribution in [0.2, 0.25) is 5.02 Å². The molecule has 1 heterocycles. The molecule has 1 aromatic heterocycles. The molecule has 0 bridgehead atoms. The Morgan fingerprint density at radius 2 is 2.00 bits per heavy atom. The highest BCUT2D eigenvalue weighted by Gasteiger charge is 2.07. The number of nitrogens with two attached hydrogens (primary N) is 1. The highest BCUT2D eigenvalue weighted by molar-refractivity contribution is 6.30. The van der Waals surface area contributed by atoms with Crippen molar-refractivity contribution in [2.45, 2.75) is 12.8 Å². The van der Waals surface area contributed by atoms with Gasteiger partial charge in [0.05, 0.1) is 10.7 Å². The van der Waals surface area contributed by atoms with Crippen LogP contribution in [0.1, 0.15) is 12.0 Å². The van der Waals surface area contributed by atoms with Crippen LogP contribution in [-0.4, -0.2) is 18.6 Å². The molecule has 0 fully saturated rings. The number of pyridine rings is 1. The zero-order chi connectivity index (χ0) is 13.7. The van der Waals surface area contributed by atoms with Crippen LogP contribution in [-0.2, 0) is 6.42 Å². The van der Waals surface area contributed by atoms with Crippen molar-refractivity contribution in [3.63, 3.8) is 0 Å². The standard InChI is InChI=1S/C15H18ClN3/c1-19(15-14(17)10-13(16)11-18-15)9-5-8-12-6-3-2-4-7-12/h2-4,6-7,10-11H,5,8-9,17H2,1H3. The van der Waals surface area contributed by atoms with E-state index in [2.05, 4.69) is 34.1 Å². The number of rotatable bonds is 5. The minimum absolute atomic E-state index is 0.568. The van der Waals surface area contributed by atoms with E-state index in [-0.39, 0.29) is 0 Å². The number of hydrogen-bond acceptors (Lipinski definition) is 3. The van der Waals surface area contributed by atoms with Crippen molar-refractivity contribution in [3.8, 4) is 0 Å². The van der Waals surface area contributed by atoms with Crippen molar-refractivity contribution in [1.29, 1.82) is 0 Å². The number of aryl methyl sites for hydroxylation is 1. The molecule has 2 aromatic rings. The minimum atomic E-state index is 0.568. The Kier molecular flexibility index (Phi) is 4.63. The summed E-state index contributed by atoms with van der Waals surface area (Å²) in [5, 5.41) is 0.568. The summed E-state index contributed by atoms with van der Waals surface area (Å²) >= 11 is 5.85. The first-order valence-electron chi connectivity index (χ1n) is 6.33. The van der Waals surface area contributed by atoms with Crippen LogP contribution < -0.4 is 10.6 Å². The minimum Gasteiger partial charge on any atom is -0.396 e. The van der Waals surface area contributed by atoms with E-state index >= 15 is 0 Å². The highest BCUT2D eigenvalue weighted by atomic mass is 35.5. The highest BCUT2D eigenvalue weighted by Crippen LogP contribution is 2.22. The van der Waals surface area contributed by atoms with Crippen LogP contribution in [0.15, 0.2) is 42.6 Å². The van der Waals surface area contributed by atoms with E-state index in [1.807, 2.05) is 13.1 Å². The Balaban J connectivity index is 1.89. The van der Waals surface area contributed by atoms with Gasteiger partial charge in [0.1, 0.15) is 0 Å². The summed E-state index contributed by atoms with van der Waals surface area (Å²) < 4.78 is 0. The SMILES string of the molecule is CN(CCCc1ccccc1)c1ncc(Cl)cc1N. The maximum Gasteiger partial charge on any atom is 0.151 e. The van der Waals surface area contributed by atoms with Crippen LogP contribution in [0.4, 0.5) is 11.5 Å². The number of nitrogen functional groups attached to an aromatic ring is 1. The molecule has 0 aliphatic heterocycles. The van der Waals surface area contributed by atoms with Gasteiger partial charge in [0.2, 0.25) is 0 Å². The molecule has 0 radical (unpaired) electrons. The lowest BCUT2D eigenvalue weighted by Gasteiger charge is -2.19. The van der Waals surface area contributed by atoms with E-state index in [1.54, 1.807) is 12.3 Å². The maximum absolute atomic E-state index is 5.92. The van der Waals surface area contributed by atoms with E-state index in [1.165, 1.54) is 5.56 Å². The lowest BCUT2D eigenvalue weighted by molar-refractivity contribution is 0.778. The first-order chi connectivity index (χ1) is 9.16. The molecule has 4 heteroatoms. The molecule has 0 amide bonds. The fraction of sp³-hybridized carbons (Fsp3) is 0.267. The lowest BCUT2D eigenvalue weighted by Crippen LogP contribution is -2.21. The number of hydrogen-bond donors (Lipinski definition) is 1. The zero-order valence-corrected chi connectivity index (χ0v) is 11.8. The van der Waals surface area contributed by atoms with Crippen LogP contribution in [0.3, 0.4) is 0 Å². The van der Waals surface area contributed by atoms with Gasteiger partial charge >= 0.3 is 0 Å². The third-order valence-electron chi connectivity index (χ3n) is 3.03. The van der Waals surface area contributed by atoms with E-state index in [9.17, 15) is 0 Å². The molecular weight excluding hydrogens is 258 g/mol. The van der Waals surface area contributed by atoms with Crippen molar-refractivity contribution in [2.75, 3.05) is 24.2 Å². The van der Waals surface area contributed by atoms with Crippen LogP contribution in [0.25, 0.3) is 0 Å². The molecule has 1 aromatic carbocycles. The van der Waals surface area contributed by atoms with Gasteiger partial charge in [0, 0.05) is 19.8 Å². The smallest absolute Gasteiger partial charge is 0.151 e. The van der Waals surface area contributed by atoms with Crippen molar-refractivity contribution >= 4 is 23.1 Å². The predicted octanol–water partition coefficient (Wildman–Crippen LogP) is 3.39. The Hall–Kier alpha value is -1.74. The largest absolute Gasteiger partial charge is 0.396 e. The summed E-state index contributed by atoms with van der Waals surface area (Å²) in [4.78, 5) is 6.34. The summed E-state index contributed by atoms with van der Waals surface area (Å²) in [6.07, 6.45) is 3.74. The Morgan fingerprint density at radius 3 is 2.68 bits per heavy atom. The molecule has 0 aliphatic rings. The number of benzene rings is 1. The average molecular weight is 276 g/mol. The molecule has 0 atom stereocenters. The molecule has 0 aliphatic carbocycles. The van der Waals surface area contributed by atoms with E-state index in [0.717, 1.165) is 25.2 Å². The summed E-state index contributed by atoms with van der Waals surface area (Å²) in [5.41, 5.74) is 7.89. The molecule has 2 N–H and O–H groups in total. The van der Waals surface area contributed by atoms with Crippen molar-refractivity contribution in [2.24, 2.45) is 0 Å². The van der Waals surface area contributed by atoms with Gasteiger partial charge in [-0.05, 0) is 24.5 Å². The summed E-state index contributed by atoms with van der Waals surface area (Å²) in [6.45, 7) is 0.910. The third-order valence-corrected chi connectivity index (χ3v) is 3.23. The lowest BCUT2D eigenvalue weighted by atomic mass is 10.1. The topological polar surface area (TPSA) is 42.2 Å². The van der Waals surface area contributed by atoms with Crippen LogP contribution >= 0.6 is 11.6 Å². The fourth-order valence-electron chi connectivity index (χ4n) is 2.04. The van der Waals surface area contributed by atoms with Crippen LogP contribution in [0, 0.1) is 0 Å². The molecule has 0 unspecified atom stereocenters. The predicted molar refractivity (Wildman–Crippen MR) is 81.7 cm³/mol. The van der Waals surface area contributed by atoms with Gasteiger partial charge in [0.25, 0.3) is 0 Å². The second-order valence-electron chi connectivity index (χ2n) is 4.58. The second kappa shape index (κ2) is 6.43. The van der Waals surface area contributed by atoms with Crippen molar-refractivity contribution in [1.82, 2.24) is 4.98 Å². The Labute approximate surface area is 119 Å². The first-order valence-corrected chi connectivity index (χ1v) is 6.70.